The van der Waals surface area contributed by atoms with Crippen LogP contribution in [-0.4, -0.2) is 37.1 Å². The van der Waals surface area contributed by atoms with Crippen LogP contribution >= 0.6 is 0 Å². The van der Waals surface area contributed by atoms with Gasteiger partial charge < -0.3 is 18.9 Å². The summed E-state index contributed by atoms with van der Waals surface area (Å²) in [4.78, 5) is 45.9. The second-order valence-electron chi connectivity index (χ2n) is 14.0. The average molecular weight is 791 g/mol. The molecular formula is C51H50O8. The highest BCUT2D eigenvalue weighted by Gasteiger charge is 2.09. The lowest BCUT2D eigenvalue weighted by atomic mass is 9.99. The summed E-state index contributed by atoms with van der Waals surface area (Å²) >= 11 is 0. The number of hydrogen-bond acceptors (Lipinski definition) is 8. The molecule has 0 aromatic heterocycles. The van der Waals surface area contributed by atoms with Gasteiger partial charge in [0.25, 0.3) is 0 Å². The van der Waals surface area contributed by atoms with Crippen LogP contribution in [0.5, 0.6) is 11.5 Å². The zero-order chi connectivity index (χ0) is 42.9. The zero-order valence-electron chi connectivity index (χ0n) is 34.2. The zero-order valence-corrected chi connectivity index (χ0v) is 34.2. The SMILES string of the molecule is C=C(C)C(=O)OCCCc1ccc(-c2ccc(OC(=O)C(=C)C)cc2)cc1.C=C(C)C(=O)OCCc1ccc(-c2ccc(-c3ccc(OC(=O)C(=C)C)cc3)cc2)cc1. The summed E-state index contributed by atoms with van der Waals surface area (Å²) in [7, 11) is 0. The molecule has 0 radical (unpaired) electrons. The molecule has 0 saturated carbocycles. The molecule has 0 fully saturated rings. The fourth-order valence-electron chi connectivity index (χ4n) is 5.35. The van der Waals surface area contributed by atoms with Crippen LogP contribution in [0.25, 0.3) is 33.4 Å². The Balaban J connectivity index is 0.000000265. The third kappa shape index (κ3) is 14.4. The van der Waals surface area contributed by atoms with Gasteiger partial charge in [-0.2, -0.15) is 0 Å². The molecule has 0 amide bonds. The first-order chi connectivity index (χ1) is 28.2. The number of carbonyl (C=O) groups is 4. The van der Waals surface area contributed by atoms with E-state index in [9.17, 15) is 19.2 Å². The van der Waals surface area contributed by atoms with E-state index in [4.69, 9.17) is 18.9 Å². The van der Waals surface area contributed by atoms with E-state index in [1.807, 2.05) is 48.5 Å². The van der Waals surface area contributed by atoms with Crippen LogP contribution in [0.3, 0.4) is 0 Å². The first-order valence-corrected chi connectivity index (χ1v) is 19.1. The van der Waals surface area contributed by atoms with E-state index in [2.05, 4.69) is 74.8 Å². The minimum atomic E-state index is -0.430. The molecule has 0 heterocycles. The summed E-state index contributed by atoms with van der Waals surface area (Å²) in [5.74, 6) is -0.575. The molecule has 5 rings (SSSR count). The Labute approximate surface area is 347 Å². The topological polar surface area (TPSA) is 105 Å². The summed E-state index contributed by atoms with van der Waals surface area (Å²) in [6.45, 7) is 21.5. The van der Waals surface area contributed by atoms with Crippen LogP contribution in [0, 0.1) is 0 Å². The number of ether oxygens (including phenoxy) is 4. The highest BCUT2D eigenvalue weighted by atomic mass is 16.5. The van der Waals surface area contributed by atoms with Gasteiger partial charge in [-0.05, 0) is 109 Å². The van der Waals surface area contributed by atoms with Crippen molar-refractivity contribution in [2.45, 2.75) is 47.0 Å². The van der Waals surface area contributed by atoms with Gasteiger partial charge in [-0.25, -0.2) is 19.2 Å². The molecule has 0 aliphatic carbocycles. The second kappa shape index (κ2) is 22.0. The Morgan fingerprint density at radius 3 is 0.966 bits per heavy atom. The lowest BCUT2D eigenvalue weighted by Gasteiger charge is -2.08. The molecule has 5 aromatic rings. The average Bonchev–Trinajstić information content (AvgIpc) is 3.23. The smallest absolute Gasteiger partial charge is 0.338 e. The van der Waals surface area contributed by atoms with Crippen LogP contribution in [0.1, 0.15) is 45.2 Å². The number of rotatable bonds is 16. The molecule has 5 aromatic carbocycles. The van der Waals surface area contributed by atoms with Gasteiger partial charge in [-0.3, -0.25) is 0 Å². The molecule has 0 N–H and O–H groups in total. The van der Waals surface area contributed by atoms with Crippen molar-refractivity contribution < 1.29 is 38.1 Å². The fraction of sp³-hybridized carbons (Fsp3) is 0.176. The van der Waals surface area contributed by atoms with E-state index in [1.165, 1.54) is 5.56 Å². The normalized spacial score (nSPS) is 10.2. The van der Waals surface area contributed by atoms with Gasteiger partial charge >= 0.3 is 23.9 Å². The van der Waals surface area contributed by atoms with Gasteiger partial charge in [0.2, 0.25) is 0 Å². The molecule has 0 aliphatic heterocycles. The largest absolute Gasteiger partial charge is 0.462 e. The lowest BCUT2D eigenvalue weighted by Crippen LogP contribution is -2.07. The van der Waals surface area contributed by atoms with E-state index in [0.717, 1.165) is 51.8 Å². The lowest BCUT2D eigenvalue weighted by molar-refractivity contribution is -0.139. The molecule has 8 nitrogen and oxygen atoms in total. The molecule has 0 spiro atoms. The van der Waals surface area contributed by atoms with Crippen molar-refractivity contribution in [2.75, 3.05) is 13.2 Å². The Hall–Kier alpha value is -7.06. The molecule has 0 saturated heterocycles. The summed E-state index contributed by atoms with van der Waals surface area (Å²) in [5, 5.41) is 0. The van der Waals surface area contributed by atoms with Gasteiger partial charge in [0, 0.05) is 28.7 Å². The molecule has 0 atom stereocenters. The molecule has 0 unspecified atom stereocenters. The predicted octanol–water partition coefficient (Wildman–Crippen LogP) is 11.1. The minimum Gasteiger partial charge on any atom is -0.462 e. The summed E-state index contributed by atoms with van der Waals surface area (Å²) in [5.41, 5.74) is 10.3. The van der Waals surface area contributed by atoms with Crippen molar-refractivity contribution in [3.63, 3.8) is 0 Å². The number of hydrogen-bond donors (Lipinski definition) is 0. The van der Waals surface area contributed by atoms with Crippen LogP contribution in [-0.2, 0) is 41.5 Å². The molecule has 302 valence electrons. The maximum absolute atomic E-state index is 11.6. The van der Waals surface area contributed by atoms with Crippen LogP contribution in [0.2, 0.25) is 0 Å². The van der Waals surface area contributed by atoms with Crippen molar-refractivity contribution in [2.24, 2.45) is 0 Å². The van der Waals surface area contributed by atoms with Gasteiger partial charge in [0.1, 0.15) is 11.5 Å². The van der Waals surface area contributed by atoms with Crippen molar-refractivity contribution in [3.8, 4) is 44.9 Å². The number of carbonyl (C=O) groups excluding carboxylic acids is 4. The van der Waals surface area contributed by atoms with Crippen molar-refractivity contribution in [3.05, 3.63) is 181 Å². The van der Waals surface area contributed by atoms with E-state index in [-0.39, 0.29) is 11.9 Å². The molecule has 8 heteroatoms. The fourth-order valence-corrected chi connectivity index (χ4v) is 5.35. The third-order valence-corrected chi connectivity index (χ3v) is 8.78. The van der Waals surface area contributed by atoms with Crippen molar-refractivity contribution in [1.82, 2.24) is 0 Å². The van der Waals surface area contributed by atoms with Crippen LogP contribution in [0.15, 0.2) is 170 Å². The van der Waals surface area contributed by atoms with E-state index < -0.39 is 11.9 Å². The number of esters is 4. The maximum Gasteiger partial charge on any atom is 0.338 e. The monoisotopic (exact) mass is 790 g/mol. The Morgan fingerprint density at radius 1 is 0.373 bits per heavy atom. The first-order valence-electron chi connectivity index (χ1n) is 19.1. The predicted molar refractivity (Wildman–Crippen MR) is 234 cm³/mol. The van der Waals surface area contributed by atoms with Gasteiger partial charge in [-0.15, -0.1) is 0 Å². The van der Waals surface area contributed by atoms with E-state index in [1.54, 1.807) is 52.0 Å². The molecule has 0 aliphatic rings. The number of benzene rings is 5. The highest BCUT2D eigenvalue weighted by Crippen LogP contribution is 2.27. The first kappa shape index (κ1) is 44.7. The van der Waals surface area contributed by atoms with Gasteiger partial charge in [0.05, 0.1) is 13.2 Å². The quantitative estimate of drug-likeness (QED) is 0.0421. The molecular weight excluding hydrogens is 741 g/mol. The van der Waals surface area contributed by atoms with Gasteiger partial charge in [0.15, 0.2) is 0 Å². The molecule has 59 heavy (non-hydrogen) atoms. The van der Waals surface area contributed by atoms with Gasteiger partial charge in [-0.1, -0.05) is 123 Å². The van der Waals surface area contributed by atoms with Crippen LogP contribution in [0.4, 0.5) is 0 Å². The number of aryl methyl sites for hydroxylation is 1. The Bertz CT molecular complexity index is 2280. The Morgan fingerprint density at radius 2 is 0.644 bits per heavy atom. The van der Waals surface area contributed by atoms with E-state index >= 15 is 0 Å². The van der Waals surface area contributed by atoms with E-state index in [0.29, 0.717) is 53.4 Å². The standard InChI is InChI=1S/C28H26O4.C23H24O4/c1-19(2)27(29)31-18-17-21-5-7-22(8-6-21)23-9-11-24(12-10-23)25-13-15-26(16-14-25)32-28(30)20(3)4;1-16(2)22(24)26-15-5-6-18-7-9-19(10-8-18)20-11-13-21(14-12-20)27-23(25)17(3)4/h5-16H,1,3,17-18H2,2,4H3;7-14H,1,3,5-6,15H2,2,4H3. The second-order valence-corrected chi connectivity index (χ2v) is 14.0. The molecule has 0 bridgehead atoms. The third-order valence-electron chi connectivity index (χ3n) is 8.78. The summed E-state index contributed by atoms with van der Waals surface area (Å²) in [6, 6.07) is 39.5. The van der Waals surface area contributed by atoms with Crippen molar-refractivity contribution in [1.29, 1.82) is 0 Å². The van der Waals surface area contributed by atoms with Crippen LogP contribution < -0.4 is 9.47 Å². The summed E-state index contributed by atoms with van der Waals surface area (Å²) in [6.07, 6.45) is 2.26. The highest BCUT2D eigenvalue weighted by molar-refractivity contribution is 5.89. The minimum absolute atomic E-state index is 0.338. The Kier molecular flexibility index (Phi) is 16.7. The van der Waals surface area contributed by atoms with Crippen molar-refractivity contribution >= 4 is 23.9 Å². The maximum atomic E-state index is 11.6. The summed E-state index contributed by atoms with van der Waals surface area (Å²) < 4.78 is 20.7.